The summed E-state index contributed by atoms with van der Waals surface area (Å²) in [5, 5.41) is 0. The molecule has 5 heteroatoms. The smallest absolute Gasteiger partial charge is 0.309 e. The van der Waals surface area contributed by atoms with Gasteiger partial charge in [0.05, 0.1) is 25.3 Å². The molecular weight excluding hydrogens is 402 g/mol. The van der Waals surface area contributed by atoms with Crippen LogP contribution in [0.15, 0.2) is 52.9 Å². The Bertz CT molecular complexity index is 1060. The van der Waals surface area contributed by atoms with E-state index in [1.165, 1.54) is 18.2 Å². The van der Waals surface area contributed by atoms with E-state index in [-0.39, 0.29) is 17.8 Å². The largest absolute Gasteiger partial charge is 0.493 e. The zero-order valence-corrected chi connectivity index (χ0v) is 19.1. The standard InChI is InChI=1S/C27H31NO4/c1-4-21(27(29)30-3)23-13-11-19-17-20(12-14-22(19)23)31-16-15-24-25(5-2)32-26(28-24)18-9-7-6-8-10-18/h6-10,12,14,17,21,23H,4-5,11,13,15-16H2,1-3H3. The molecule has 0 saturated carbocycles. The molecule has 5 nitrogen and oxygen atoms in total. The minimum atomic E-state index is -0.111. The van der Waals surface area contributed by atoms with Crippen LogP contribution in [-0.2, 0) is 28.8 Å². The highest BCUT2D eigenvalue weighted by molar-refractivity contribution is 5.74. The maximum absolute atomic E-state index is 12.2. The normalized spacial score (nSPS) is 15.9. The average Bonchev–Trinajstić information content (AvgIpc) is 3.44. The van der Waals surface area contributed by atoms with Gasteiger partial charge < -0.3 is 13.9 Å². The molecule has 2 unspecified atom stereocenters. The highest BCUT2D eigenvalue weighted by atomic mass is 16.5. The fourth-order valence-electron chi connectivity index (χ4n) is 4.73. The van der Waals surface area contributed by atoms with Crippen molar-refractivity contribution in [2.45, 2.75) is 51.9 Å². The van der Waals surface area contributed by atoms with E-state index in [2.05, 4.69) is 26.0 Å². The summed E-state index contributed by atoms with van der Waals surface area (Å²) < 4.78 is 17.1. The second-order valence-electron chi connectivity index (χ2n) is 8.25. The number of hydrogen-bond acceptors (Lipinski definition) is 5. The van der Waals surface area contributed by atoms with Gasteiger partial charge in [0.15, 0.2) is 0 Å². The van der Waals surface area contributed by atoms with Crippen LogP contribution < -0.4 is 4.74 Å². The van der Waals surface area contributed by atoms with Gasteiger partial charge in [-0.25, -0.2) is 4.98 Å². The van der Waals surface area contributed by atoms with E-state index in [4.69, 9.17) is 18.9 Å². The Hall–Kier alpha value is -3.08. The molecule has 1 heterocycles. The molecule has 32 heavy (non-hydrogen) atoms. The predicted octanol–water partition coefficient (Wildman–Crippen LogP) is 5.75. The Morgan fingerprint density at radius 3 is 2.72 bits per heavy atom. The number of oxazole rings is 1. The van der Waals surface area contributed by atoms with E-state index in [1.807, 2.05) is 36.4 Å². The fourth-order valence-corrected chi connectivity index (χ4v) is 4.73. The number of methoxy groups -OCH3 is 1. The molecular formula is C27H31NO4. The Labute approximate surface area is 189 Å². The Morgan fingerprint density at radius 2 is 2.00 bits per heavy atom. The maximum atomic E-state index is 12.2. The molecule has 2 aromatic carbocycles. The number of esters is 1. The van der Waals surface area contributed by atoms with Gasteiger partial charge in [-0.2, -0.15) is 0 Å². The first-order chi connectivity index (χ1) is 15.6. The molecule has 0 saturated heterocycles. The highest BCUT2D eigenvalue weighted by Gasteiger charge is 2.34. The first-order valence-electron chi connectivity index (χ1n) is 11.5. The Balaban J connectivity index is 1.41. The van der Waals surface area contributed by atoms with Crippen LogP contribution in [0.2, 0.25) is 0 Å². The molecule has 0 radical (unpaired) electrons. The molecule has 3 aromatic rings. The van der Waals surface area contributed by atoms with Crippen molar-refractivity contribution in [1.82, 2.24) is 4.98 Å². The number of benzene rings is 2. The van der Waals surface area contributed by atoms with E-state index in [1.54, 1.807) is 0 Å². The molecule has 0 spiro atoms. The molecule has 0 N–H and O–H groups in total. The first-order valence-corrected chi connectivity index (χ1v) is 11.5. The summed E-state index contributed by atoms with van der Waals surface area (Å²) >= 11 is 0. The topological polar surface area (TPSA) is 61.6 Å². The quantitative estimate of drug-likeness (QED) is 0.402. The summed E-state index contributed by atoms with van der Waals surface area (Å²) in [6.07, 6.45) is 4.23. The van der Waals surface area contributed by atoms with Crippen molar-refractivity contribution < 1.29 is 18.7 Å². The van der Waals surface area contributed by atoms with E-state index >= 15 is 0 Å². The second kappa shape index (κ2) is 10.0. The van der Waals surface area contributed by atoms with Gasteiger partial charge in [0.1, 0.15) is 11.5 Å². The molecule has 4 rings (SSSR count). The number of aromatic nitrogens is 1. The molecule has 1 aromatic heterocycles. The second-order valence-corrected chi connectivity index (χ2v) is 8.25. The maximum Gasteiger partial charge on any atom is 0.309 e. The summed E-state index contributed by atoms with van der Waals surface area (Å²) in [7, 11) is 1.47. The number of carbonyl (C=O) groups excluding carboxylic acids is 1. The molecule has 0 bridgehead atoms. The van der Waals surface area contributed by atoms with Gasteiger partial charge >= 0.3 is 5.97 Å². The molecule has 0 fully saturated rings. The van der Waals surface area contributed by atoms with E-state index in [0.29, 0.717) is 18.9 Å². The van der Waals surface area contributed by atoms with Crippen molar-refractivity contribution in [2.24, 2.45) is 5.92 Å². The summed E-state index contributed by atoms with van der Waals surface area (Å²) in [5.41, 5.74) is 4.47. The van der Waals surface area contributed by atoms with Gasteiger partial charge in [-0.15, -0.1) is 0 Å². The number of hydrogen-bond donors (Lipinski definition) is 0. The van der Waals surface area contributed by atoms with Crippen LogP contribution >= 0.6 is 0 Å². The Kier molecular flexibility index (Phi) is 6.93. The monoisotopic (exact) mass is 433 g/mol. The Morgan fingerprint density at radius 1 is 1.19 bits per heavy atom. The molecule has 0 aliphatic heterocycles. The van der Waals surface area contributed by atoms with Crippen molar-refractivity contribution in [1.29, 1.82) is 0 Å². The van der Waals surface area contributed by atoms with Crippen LogP contribution in [-0.4, -0.2) is 24.7 Å². The average molecular weight is 434 g/mol. The van der Waals surface area contributed by atoms with Gasteiger partial charge in [0.25, 0.3) is 0 Å². The summed E-state index contributed by atoms with van der Waals surface area (Å²) in [6.45, 7) is 4.67. The van der Waals surface area contributed by atoms with Gasteiger partial charge in [-0.1, -0.05) is 38.1 Å². The van der Waals surface area contributed by atoms with Gasteiger partial charge in [-0.05, 0) is 60.6 Å². The lowest BCUT2D eigenvalue weighted by atomic mass is 9.85. The third kappa shape index (κ3) is 4.57. The molecule has 0 amide bonds. The summed E-state index contributed by atoms with van der Waals surface area (Å²) in [6, 6.07) is 16.2. The number of nitrogens with zero attached hydrogens (tertiary/aromatic N) is 1. The van der Waals surface area contributed by atoms with Gasteiger partial charge in [-0.3, -0.25) is 4.79 Å². The SMILES string of the molecule is CCc1oc(-c2ccccc2)nc1CCOc1ccc2c(c1)CCC2C(CC)C(=O)OC. The summed E-state index contributed by atoms with van der Waals surface area (Å²) in [5.74, 6) is 2.48. The fraction of sp³-hybridized carbons (Fsp3) is 0.407. The molecule has 168 valence electrons. The van der Waals surface area contributed by atoms with E-state index in [9.17, 15) is 4.79 Å². The third-order valence-corrected chi connectivity index (χ3v) is 6.40. The van der Waals surface area contributed by atoms with Crippen molar-refractivity contribution in [2.75, 3.05) is 13.7 Å². The first kappa shape index (κ1) is 22.1. The number of aryl methyl sites for hydroxylation is 2. The van der Waals surface area contributed by atoms with E-state index in [0.717, 1.165) is 48.5 Å². The van der Waals surface area contributed by atoms with E-state index < -0.39 is 0 Å². The van der Waals surface area contributed by atoms with Crippen LogP contribution in [0.4, 0.5) is 0 Å². The zero-order valence-electron chi connectivity index (χ0n) is 19.1. The minimum Gasteiger partial charge on any atom is -0.493 e. The van der Waals surface area contributed by atoms with Crippen molar-refractivity contribution in [3.05, 3.63) is 71.1 Å². The number of ether oxygens (including phenoxy) is 2. The van der Waals surface area contributed by atoms with Crippen molar-refractivity contribution in [3.63, 3.8) is 0 Å². The predicted molar refractivity (Wildman–Crippen MR) is 124 cm³/mol. The molecule has 2 atom stereocenters. The van der Waals surface area contributed by atoms with Crippen LogP contribution in [0, 0.1) is 5.92 Å². The van der Waals surface area contributed by atoms with Crippen LogP contribution in [0.3, 0.4) is 0 Å². The number of carbonyl (C=O) groups is 1. The third-order valence-electron chi connectivity index (χ3n) is 6.40. The van der Waals surface area contributed by atoms with Crippen LogP contribution in [0.5, 0.6) is 5.75 Å². The minimum absolute atomic E-state index is 0.0774. The highest BCUT2D eigenvalue weighted by Crippen LogP contribution is 2.41. The molecule has 1 aliphatic rings. The lowest BCUT2D eigenvalue weighted by Crippen LogP contribution is -2.21. The molecule has 1 aliphatic carbocycles. The lowest BCUT2D eigenvalue weighted by Gasteiger charge is -2.21. The lowest BCUT2D eigenvalue weighted by molar-refractivity contribution is -0.146. The van der Waals surface area contributed by atoms with Gasteiger partial charge in [0.2, 0.25) is 5.89 Å². The zero-order chi connectivity index (χ0) is 22.5. The van der Waals surface area contributed by atoms with Crippen molar-refractivity contribution >= 4 is 5.97 Å². The summed E-state index contributed by atoms with van der Waals surface area (Å²) in [4.78, 5) is 16.9. The van der Waals surface area contributed by atoms with Crippen molar-refractivity contribution in [3.8, 4) is 17.2 Å². The number of fused-ring (bicyclic) bond motifs is 1. The van der Waals surface area contributed by atoms with Gasteiger partial charge in [0, 0.05) is 18.4 Å². The number of rotatable bonds is 9. The van der Waals surface area contributed by atoms with Crippen LogP contribution in [0.1, 0.15) is 55.2 Å². The van der Waals surface area contributed by atoms with Crippen LogP contribution in [0.25, 0.3) is 11.5 Å².